The van der Waals surface area contributed by atoms with Gasteiger partial charge < -0.3 is 10.2 Å². The number of benzene rings is 1. The third kappa shape index (κ3) is 2.25. The van der Waals surface area contributed by atoms with Gasteiger partial charge in [0.2, 0.25) is 0 Å². The second kappa shape index (κ2) is 5.25. The van der Waals surface area contributed by atoms with Crippen molar-refractivity contribution in [1.82, 2.24) is 0 Å². The Morgan fingerprint density at radius 1 is 1.35 bits per heavy atom. The van der Waals surface area contributed by atoms with Crippen LogP contribution in [0, 0.1) is 23.2 Å². The van der Waals surface area contributed by atoms with Crippen molar-refractivity contribution in [3.05, 3.63) is 29.3 Å². The molecule has 0 unspecified atom stereocenters. The van der Waals surface area contributed by atoms with Gasteiger partial charge in [0.15, 0.2) is 0 Å². The van der Waals surface area contributed by atoms with Crippen LogP contribution in [0.15, 0.2) is 18.2 Å². The summed E-state index contributed by atoms with van der Waals surface area (Å²) in [6, 6.07) is 5.32. The van der Waals surface area contributed by atoms with Crippen LogP contribution in [-0.4, -0.2) is 27.9 Å². The number of phenols is 1. The smallest absolute Gasteiger partial charge is 0.115 e. The van der Waals surface area contributed by atoms with E-state index in [0.29, 0.717) is 18.8 Å². The third-order valence-corrected chi connectivity index (χ3v) is 7.01. The molecule has 2 saturated carbocycles. The van der Waals surface area contributed by atoms with Gasteiger partial charge in [-0.15, -0.1) is 0 Å². The van der Waals surface area contributed by atoms with E-state index in [1.807, 2.05) is 6.07 Å². The number of halogens is 1. The summed E-state index contributed by atoms with van der Waals surface area (Å²) in [4.78, 5) is 0. The van der Waals surface area contributed by atoms with Crippen molar-refractivity contribution in [2.24, 2.45) is 23.2 Å². The van der Waals surface area contributed by atoms with E-state index in [2.05, 4.69) is 6.92 Å². The van der Waals surface area contributed by atoms with Crippen molar-refractivity contribution >= 4 is 17.6 Å². The lowest BCUT2D eigenvalue weighted by Gasteiger charge is -2.52. The van der Waals surface area contributed by atoms with E-state index in [0.717, 1.165) is 24.0 Å². The van der Waals surface area contributed by atoms with Crippen LogP contribution in [0.4, 0.5) is 4.39 Å². The molecule has 4 heteroatoms. The summed E-state index contributed by atoms with van der Waals surface area (Å²) in [6.45, 7) is 2.14. The number of alkyl halides is 1. The fourth-order valence-electron chi connectivity index (χ4n) is 5.86. The van der Waals surface area contributed by atoms with Crippen molar-refractivity contribution in [1.29, 1.82) is 0 Å². The first kappa shape index (κ1) is 15.5. The number of aromatic hydroxyl groups is 1. The molecule has 7 atom stereocenters. The minimum Gasteiger partial charge on any atom is -0.508 e. The maximum absolute atomic E-state index is 15.2. The van der Waals surface area contributed by atoms with Gasteiger partial charge in [-0.25, -0.2) is 4.39 Å². The van der Waals surface area contributed by atoms with Gasteiger partial charge >= 0.3 is 0 Å². The summed E-state index contributed by atoms with van der Waals surface area (Å²) in [5, 5.41) is 21.8. The monoisotopic (exact) mass is 334 g/mol. The van der Waals surface area contributed by atoms with Crippen LogP contribution in [0.5, 0.6) is 5.75 Å². The Balaban J connectivity index is 1.83. The highest BCUT2D eigenvalue weighted by atomic mass is 32.1. The molecule has 2 N–H and O–H groups in total. The Bertz CT molecular complexity index is 648. The van der Waals surface area contributed by atoms with Gasteiger partial charge in [-0.2, -0.15) is 0 Å². The second-order valence-electron chi connectivity index (χ2n) is 8.06. The second-order valence-corrected chi connectivity index (χ2v) is 8.34. The molecule has 3 aliphatic carbocycles. The standard InChI is InChI=1S/C19H23FO2S/c1-19-7-13(22)6-15(19)17-11(9-23)4-10-5-12(21)2-3-14(10)18(17)16(20)8-19/h2-3,5,9,11,13,15-18,21-22H,4,6-8H2,1H3/t11-,13+,15+,16+,17+,18+,19+/m1/s1. The first-order chi connectivity index (χ1) is 10.9. The molecule has 0 aromatic heterocycles. The van der Waals surface area contributed by atoms with Gasteiger partial charge in [-0.05, 0) is 77.5 Å². The van der Waals surface area contributed by atoms with Crippen molar-refractivity contribution in [2.45, 2.75) is 50.8 Å². The van der Waals surface area contributed by atoms with Gasteiger partial charge in [0.1, 0.15) is 11.9 Å². The highest BCUT2D eigenvalue weighted by molar-refractivity contribution is 7.79. The molecule has 4 rings (SSSR count). The SMILES string of the molecule is C[C@@]12C[C@@H](O)C[C@H]1[C@H]1[C@@H](c3ccc(O)cc3C[C@@H]1C=S)[C@@H](F)C2. The molecule has 2 nitrogen and oxygen atoms in total. The molecule has 0 radical (unpaired) electrons. The fraction of sp³-hybridized carbons (Fsp3) is 0.632. The average Bonchev–Trinajstić information content (AvgIpc) is 2.79. The van der Waals surface area contributed by atoms with Gasteiger partial charge in [-0.1, -0.05) is 25.2 Å². The molecule has 0 bridgehead atoms. The van der Waals surface area contributed by atoms with Crippen LogP contribution >= 0.6 is 12.2 Å². The van der Waals surface area contributed by atoms with Crippen molar-refractivity contribution in [3.8, 4) is 5.75 Å². The van der Waals surface area contributed by atoms with Crippen molar-refractivity contribution in [3.63, 3.8) is 0 Å². The van der Waals surface area contributed by atoms with E-state index in [9.17, 15) is 10.2 Å². The Morgan fingerprint density at radius 2 is 2.13 bits per heavy atom. The Labute approximate surface area is 141 Å². The molecular formula is C19H23FO2S. The normalized spacial score (nSPS) is 45.0. The largest absolute Gasteiger partial charge is 0.508 e. The first-order valence-electron chi connectivity index (χ1n) is 8.52. The van der Waals surface area contributed by atoms with Gasteiger partial charge in [0.05, 0.1) is 6.10 Å². The average molecular weight is 334 g/mol. The summed E-state index contributed by atoms with van der Waals surface area (Å²) in [5.74, 6) is 0.693. The van der Waals surface area contributed by atoms with Gasteiger partial charge in [0, 0.05) is 5.92 Å². The molecule has 2 fully saturated rings. The molecule has 0 saturated heterocycles. The predicted molar refractivity (Wildman–Crippen MR) is 91.5 cm³/mol. The Hall–Kier alpha value is -1.00. The Kier molecular flexibility index (Phi) is 3.54. The van der Waals surface area contributed by atoms with E-state index in [4.69, 9.17) is 12.2 Å². The number of hydrogen-bond acceptors (Lipinski definition) is 3. The predicted octanol–water partition coefficient (Wildman–Crippen LogP) is 3.78. The Morgan fingerprint density at radius 3 is 2.87 bits per heavy atom. The molecule has 1 aromatic rings. The molecule has 3 aliphatic rings. The number of phenolic OH excluding ortho intramolecular Hbond substituents is 1. The maximum Gasteiger partial charge on any atom is 0.115 e. The summed E-state index contributed by atoms with van der Waals surface area (Å²) >= 11 is 5.29. The quantitative estimate of drug-likeness (QED) is 0.768. The van der Waals surface area contributed by atoms with Crippen LogP contribution in [0.1, 0.15) is 43.2 Å². The summed E-state index contributed by atoms with van der Waals surface area (Å²) in [7, 11) is 0. The fourth-order valence-corrected chi connectivity index (χ4v) is 6.14. The van der Waals surface area contributed by atoms with Gasteiger partial charge in [0.25, 0.3) is 0 Å². The van der Waals surface area contributed by atoms with E-state index < -0.39 is 6.17 Å². The van der Waals surface area contributed by atoms with Crippen LogP contribution in [0.25, 0.3) is 0 Å². The van der Waals surface area contributed by atoms with E-state index >= 15 is 4.39 Å². The zero-order chi connectivity index (χ0) is 16.4. The van der Waals surface area contributed by atoms with Crippen LogP contribution in [-0.2, 0) is 6.42 Å². The van der Waals surface area contributed by atoms with E-state index in [1.54, 1.807) is 17.5 Å². The number of fused-ring (bicyclic) bond motifs is 5. The third-order valence-electron chi connectivity index (χ3n) is 6.66. The van der Waals surface area contributed by atoms with E-state index in [-0.39, 0.29) is 35.0 Å². The molecule has 23 heavy (non-hydrogen) atoms. The maximum atomic E-state index is 15.2. The zero-order valence-corrected chi connectivity index (χ0v) is 14.1. The highest BCUT2D eigenvalue weighted by Gasteiger charge is 2.58. The number of thiocarbonyl (C=S) groups is 1. The molecule has 0 aliphatic heterocycles. The van der Waals surface area contributed by atoms with E-state index in [1.165, 1.54) is 0 Å². The molecule has 1 aromatic carbocycles. The minimum absolute atomic E-state index is 0.120. The molecule has 0 spiro atoms. The van der Waals surface area contributed by atoms with Crippen molar-refractivity contribution < 1.29 is 14.6 Å². The first-order valence-corrected chi connectivity index (χ1v) is 8.99. The molecule has 0 heterocycles. The highest BCUT2D eigenvalue weighted by Crippen LogP contribution is 2.62. The lowest BCUT2D eigenvalue weighted by atomic mass is 9.52. The topological polar surface area (TPSA) is 40.5 Å². The number of hydrogen-bond donors (Lipinski definition) is 2. The molecular weight excluding hydrogens is 311 g/mol. The van der Waals surface area contributed by atoms with Crippen LogP contribution in [0.2, 0.25) is 0 Å². The number of aliphatic hydroxyl groups is 1. The van der Waals surface area contributed by atoms with Gasteiger partial charge in [-0.3, -0.25) is 0 Å². The van der Waals surface area contributed by atoms with Crippen LogP contribution in [0.3, 0.4) is 0 Å². The summed E-state index contributed by atoms with van der Waals surface area (Å²) < 4.78 is 15.2. The minimum atomic E-state index is -0.910. The lowest BCUT2D eigenvalue weighted by molar-refractivity contribution is -0.00950. The lowest BCUT2D eigenvalue weighted by Crippen LogP contribution is -2.49. The number of rotatable bonds is 1. The van der Waals surface area contributed by atoms with Crippen LogP contribution < -0.4 is 0 Å². The zero-order valence-electron chi connectivity index (χ0n) is 13.3. The summed E-state index contributed by atoms with van der Waals surface area (Å²) in [6.07, 6.45) is 1.52. The molecule has 124 valence electrons. The summed E-state index contributed by atoms with van der Waals surface area (Å²) in [5.41, 5.74) is 1.95. The molecule has 0 amide bonds. The van der Waals surface area contributed by atoms with Crippen molar-refractivity contribution in [2.75, 3.05) is 0 Å². The number of aliphatic hydroxyl groups excluding tert-OH is 1.